The van der Waals surface area contributed by atoms with Gasteiger partial charge in [-0.05, 0) is 43.0 Å². The van der Waals surface area contributed by atoms with E-state index in [1.807, 2.05) is 66.9 Å². The van der Waals surface area contributed by atoms with Gasteiger partial charge in [-0.2, -0.15) is 0 Å². The number of hydrogen-bond acceptors (Lipinski definition) is 7. The maximum Gasteiger partial charge on any atom is 0.358 e. The fraction of sp³-hybridized carbons (Fsp3) is 0.154. The number of amides is 1. The highest BCUT2D eigenvalue weighted by Gasteiger charge is 2.26. The highest BCUT2D eigenvalue weighted by molar-refractivity contribution is 7.99. The maximum atomic E-state index is 13.4. The number of benzene rings is 2. The lowest BCUT2D eigenvalue weighted by atomic mass is 10.2. The van der Waals surface area contributed by atoms with Crippen molar-refractivity contribution in [1.82, 2.24) is 14.5 Å². The standard InChI is InChI=1S/C26H24N4O3S2/c1-3-33-25(32)21-22(29-26(34-2)30(21)17-18-11-6-4-7-12-18)28-23(31)20-15-10-16-27-24(20)35-19-13-8-5-9-14-19/h4-16H,3,17H2,1-2H3,(H,28,31). The van der Waals surface area contributed by atoms with E-state index in [4.69, 9.17) is 4.74 Å². The second kappa shape index (κ2) is 11.7. The second-order valence-electron chi connectivity index (χ2n) is 7.31. The van der Waals surface area contributed by atoms with Gasteiger partial charge in [0.2, 0.25) is 0 Å². The summed E-state index contributed by atoms with van der Waals surface area (Å²) in [5.41, 5.74) is 1.59. The molecule has 0 saturated heterocycles. The lowest BCUT2D eigenvalue weighted by Crippen LogP contribution is -2.19. The van der Waals surface area contributed by atoms with E-state index in [0.717, 1.165) is 10.5 Å². The summed E-state index contributed by atoms with van der Waals surface area (Å²) in [6.45, 7) is 2.36. The van der Waals surface area contributed by atoms with Crippen LogP contribution >= 0.6 is 23.5 Å². The van der Waals surface area contributed by atoms with Crippen molar-refractivity contribution in [3.05, 3.63) is 95.8 Å². The molecule has 2 aromatic carbocycles. The third-order valence-corrected chi connectivity index (χ3v) is 6.68. The Morgan fingerprint density at radius 3 is 2.40 bits per heavy atom. The zero-order chi connectivity index (χ0) is 24.6. The minimum Gasteiger partial charge on any atom is -0.461 e. The van der Waals surface area contributed by atoms with Crippen LogP contribution in [-0.2, 0) is 11.3 Å². The normalized spacial score (nSPS) is 10.7. The number of carbonyl (C=O) groups excluding carboxylic acids is 2. The first kappa shape index (κ1) is 24.6. The molecule has 9 heteroatoms. The van der Waals surface area contributed by atoms with Gasteiger partial charge in [-0.25, -0.2) is 14.8 Å². The minimum absolute atomic E-state index is 0.160. The van der Waals surface area contributed by atoms with Gasteiger partial charge in [-0.3, -0.25) is 4.79 Å². The van der Waals surface area contributed by atoms with E-state index in [1.54, 1.807) is 29.8 Å². The van der Waals surface area contributed by atoms with Gasteiger partial charge in [0.25, 0.3) is 5.91 Å². The van der Waals surface area contributed by atoms with Gasteiger partial charge >= 0.3 is 5.97 Å². The molecule has 0 aliphatic rings. The van der Waals surface area contributed by atoms with E-state index in [2.05, 4.69) is 15.3 Å². The van der Waals surface area contributed by atoms with Crippen LogP contribution < -0.4 is 5.32 Å². The lowest BCUT2D eigenvalue weighted by Gasteiger charge is -2.12. The Labute approximate surface area is 212 Å². The Kier molecular flexibility index (Phi) is 8.23. The number of esters is 1. The topological polar surface area (TPSA) is 86.1 Å². The van der Waals surface area contributed by atoms with Gasteiger partial charge < -0.3 is 14.6 Å². The number of anilines is 1. The molecule has 0 radical (unpaired) electrons. The van der Waals surface area contributed by atoms with Crippen LogP contribution in [0.2, 0.25) is 0 Å². The minimum atomic E-state index is -0.545. The number of hydrogen-bond donors (Lipinski definition) is 1. The second-order valence-corrected chi connectivity index (χ2v) is 9.15. The van der Waals surface area contributed by atoms with Gasteiger partial charge in [0.15, 0.2) is 16.7 Å². The largest absolute Gasteiger partial charge is 0.461 e. The zero-order valence-electron chi connectivity index (χ0n) is 19.3. The maximum absolute atomic E-state index is 13.4. The van der Waals surface area contributed by atoms with Gasteiger partial charge in [0.1, 0.15) is 5.03 Å². The Morgan fingerprint density at radius 1 is 1.00 bits per heavy atom. The molecule has 1 N–H and O–H groups in total. The van der Waals surface area contributed by atoms with Crippen LogP contribution in [0.25, 0.3) is 0 Å². The number of aromatic nitrogens is 3. The van der Waals surface area contributed by atoms with Crippen molar-refractivity contribution in [3.8, 4) is 0 Å². The SMILES string of the molecule is CCOC(=O)c1c(NC(=O)c2cccnc2Sc2ccccc2)nc(SC)n1Cc1ccccc1. The number of imidazole rings is 1. The fourth-order valence-corrected chi connectivity index (χ4v) is 4.87. The first-order chi connectivity index (χ1) is 17.1. The van der Waals surface area contributed by atoms with Crippen molar-refractivity contribution in [3.63, 3.8) is 0 Å². The van der Waals surface area contributed by atoms with Crippen LogP contribution in [0, 0.1) is 0 Å². The van der Waals surface area contributed by atoms with Crippen LogP contribution in [0.15, 0.2) is 94.1 Å². The average molecular weight is 505 g/mol. The van der Waals surface area contributed by atoms with Crippen LogP contribution in [-0.4, -0.2) is 39.3 Å². The number of nitrogens with one attached hydrogen (secondary N) is 1. The summed E-state index contributed by atoms with van der Waals surface area (Å²) in [5, 5.41) is 3.99. The third kappa shape index (κ3) is 5.93. The predicted molar refractivity (Wildman–Crippen MR) is 138 cm³/mol. The van der Waals surface area contributed by atoms with E-state index < -0.39 is 11.9 Å². The number of rotatable bonds is 9. The highest BCUT2D eigenvalue weighted by atomic mass is 32.2. The molecule has 0 fully saturated rings. The molecule has 0 bridgehead atoms. The third-order valence-electron chi connectivity index (χ3n) is 4.97. The molecule has 4 rings (SSSR count). The van der Waals surface area contributed by atoms with Crippen LogP contribution in [0.4, 0.5) is 5.82 Å². The van der Waals surface area contributed by atoms with E-state index in [1.165, 1.54) is 23.5 Å². The molecular formula is C26H24N4O3S2. The number of pyridine rings is 1. The molecule has 1 amide bonds. The van der Waals surface area contributed by atoms with Crippen molar-refractivity contribution in [2.24, 2.45) is 0 Å². The van der Waals surface area contributed by atoms with Gasteiger partial charge in [0.05, 0.1) is 18.7 Å². The monoisotopic (exact) mass is 504 g/mol. The van der Waals surface area contributed by atoms with Crippen LogP contribution in [0.5, 0.6) is 0 Å². The van der Waals surface area contributed by atoms with E-state index >= 15 is 0 Å². The quantitative estimate of drug-likeness (QED) is 0.234. The number of ether oxygens (including phenoxy) is 1. The van der Waals surface area contributed by atoms with E-state index in [-0.39, 0.29) is 18.1 Å². The average Bonchev–Trinajstić information content (AvgIpc) is 3.22. The van der Waals surface area contributed by atoms with Crippen molar-refractivity contribution in [2.75, 3.05) is 18.2 Å². The smallest absolute Gasteiger partial charge is 0.358 e. The predicted octanol–water partition coefficient (Wildman–Crippen LogP) is 5.63. The molecule has 0 saturated carbocycles. The molecule has 35 heavy (non-hydrogen) atoms. The number of carbonyl (C=O) groups is 2. The molecule has 0 spiro atoms. The van der Waals surface area contributed by atoms with Crippen molar-refractivity contribution >= 4 is 41.2 Å². The summed E-state index contributed by atoms with van der Waals surface area (Å²) in [6.07, 6.45) is 3.52. The molecule has 0 aliphatic carbocycles. The van der Waals surface area contributed by atoms with Crippen LogP contribution in [0.1, 0.15) is 33.3 Å². The summed E-state index contributed by atoms with van der Waals surface area (Å²) in [6, 6.07) is 22.9. The molecule has 0 aliphatic heterocycles. The first-order valence-corrected chi connectivity index (χ1v) is 13.0. The Bertz CT molecular complexity index is 1310. The lowest BCUT2D eigenvalue weighted by molar-refractivity contribution is 0.0514. The Morgan fingerprint density at radius 2 is 1.71 bits per heavy atom. The number of thioether (sulfide) groups is 1. The molecule has 0 atom stereocenters. The molecule has 2 aromatic heterocycles. The van der Waals surface area contributed by atoms with Gasteiger partial charge in [0, 0.05) is 11.1 Å². The Hall–Kier alpha value is -3.56. The molecule has 7 nitrogen and oxygen atoms in total. The highest BCUT2D eigenvalue weighted by Crippen LogP contribution is 2.30. The van der Waals surface area contributed by atoms with Crippen molar-refractivity contribution in [1.29, 1.82) is 0 Å². The molecule has 178 valence electrons. The van der Waals surface area contributed by atoms with Crippen LogP contribution in [0.3, 0.4) is 0 Å². The molecular weight excluding hydrogens is 480 g/mol. The molecule has 0 unspecified atom stereocenters. The van der Waals surface area contributed by atoms with Crippen molar-refractivity contribution < 1.29 is 14.3 Å². The summed E-state index contributed by atoms with van der Waals surface area (Å²) in [4.78, 5) is 36.3. The summed E-state index contributed by atoms with van der Waals surface area (Å²) in [7, 11) is 0. The number of nitrogens with zero attached hydrogens (tertiary/aromatic N) is 3. The van der Waals surface area contributed by atoms with Gasteiger partial charge in [-0.15, -0.1) is 0 Å². The molecule has 2 heterocycles. The molecule has 4 aromatic rings. The summed E-state index contributed by atoms with van der Waals surface area (Å²) >= 11 is 2.78. The van der Waals surface area contributed by atoms with E-state index in [0.29, 0.717) is 22.3 Å². The first-order valence-electron chi connectivity index (χ1n) is 11.0. The zero-order valence-corrected chi connectivity index (χ0v) is 20.9. The summed E-state index contributed by atoms with van der Waals surface area (Å²) < 4.78 is 7.09. The summed E-state index contributed by atoms with van der Waals surface area (Å²) in [5.74, 6) is -0.788. The van der Waals surface area contributed by atoms with Gasteiger partial charge in [-0.1, -0.05) is 72.1 Å². The van der Waals surface area contributed by atoms with E-state index in [9.17, 15) is 9.59 Å². The van der Waals surface area contributed by atoms with Crippen molar-refractivity contribution in [2.45, 2.75) is 28.5 Å². The Balaban J connectivity index is 1.69. The fourth-order valence-electron chi connectivity index (χ4n) is 3.41.